The number of hydrogen-bond acceptors (Lipinski definition) is 6. The zero-order valence-electron chi connectivity index (χ0n) is 18.1. The lowest BCUT2D eigenvalue weighted by Gasteiger charge is -2.13. The zero-order chi connectivity index (χ0) is 23.9. The maximum atomic E-state index is 13.5. The van der Waals surface area contributed by atoms with E-state index in [1.807, 2.05) is 5.38 Å². The quantitative estimate of drug-likeness (QED) is 0.356. The van der Waals surface area contributed by atoms with E-state index >= 15 is 0 Å². The number of nitrogens with one attached hydrogen (secondary N) is 2. The molecule has 34 heavy (non-hydrogen) atoms. The standard InChI is InChI=1S/C25H20FN3O4S/c1-32-23-9-8-19(12-22(23)29-25(31)16-4-2-6-18(26)10-16)28-24(30)17-5-3-7-21(11-17)33-13-20-14-34-15-27-20/h2-12,14-15H,13H2,1H3,(H,28,30)(H,29,31). The Balaban J connectivity index is 1.46. The van der Waals surface area contributed by atoms with Crippen LogP contribution in [0, 0.1) is 5.82 Å². The monoisotopic (exact) mass is 477 g/mol. The van der Waals surface area contributed by atoms with Crippen LogP contribution in [0.15, 0.2) is 77.6 Å². The number of halogens is 1. The lowest BCUT2D eigenvalue weighted by atomic mass is 10.1. The first-order chi connectivity index (χ1) is 16.5. The van der Waals surface area contributed by atoms with Crippen molar-refractivity contribution in [2.75, 3.05) is 17.7 Å². The molecule has 1 aromatic heterocycles. The predicted octanol–water partition coefficient (Wildman–Crippen LogP) is 5.37. The maximum Gasteiger partial charge on any atom is 0.255 e. The van der Waals surface area contributed by atoms with Crippen LogP contribution < -0.4 is 20.1 Å². The zero-order valence-corrected chi connectivity index (χ0v) is 18.9. The largest absolute Gasteiger partial charge is 0.495 e. The highest BCUT2D eigenvalue weighted by Gasteiger charge is 2.13. The van der Waals surface area contributed by atoms with Crippen LogP contribution in [0.1, 0.15) is 26.4 Å². The van der Waals surface area contributed by atoms with Crippen molar-refractivity contribution in [2.45, 2.75) is 6.61 Å². The normalized spacial score (nSPS) is 10.4. The third kappa shape index (κ3) is 5.76. The second-order valence-electron chi connectivity index (χ2n) is 7.13. The van der Waals surface area contributed by atoms with Crippen molar-refractivity contribution in [3.05, 3.63) is 100 Å². The minimum Gasteiger partial charge on any atom is -0.495 e. The van der Waals surface area contributed by atoms with Crippen LogP contribution in [0.4, 0.5) is 15.8 Å². The number of carbonyl (C=O) groups is 2. The van der Waals surface area contributed by atoms with Crippen molar-refractivity contribution in [1.29, 1.82) is 0 Å². The Morgan fingerprint density at radius 2 is 1.74 bits per heavy atom. The van der Waals surface area contributed by atoms with Crippen LogP contribution in [0.3, 0.4) is 0 Å². The van der Waals surface area contributed by atoms with Crippen LogP contribution in [-0.2, 0) is 6.61 Å². The van der Waals surface area contributed by atoms with Gasteiger partial charge in [-0.15, -0.1) is 11.3 Å². The first kappa shape index (κ1) is 22.9. The van der Waals surface area contributed by atoms with E-state index < -0.39 is 11.7 Å². The summed E-state index contributed by atoms with van der Waals surface area (Å²) in [5, 5.41) is 7.38. The number of amides is 2. The summed E-state index contributed by atoms with van der Waals surface area (Å²) >= 11 is 1.48. The smallest absolute Gasteiger partial charge is 0.255 e. The maximum absolute atomic E-state index is 13.5. The van der Waals surface area contributed by atoms with E-state index in [-0.39, 0.29) is 11.5 Å². The van der Waals surface area contributed by atoms with Gasteiger partial charge in [0.05, 0.1) is 24.0 Å². The Kier molecular flexibility index (Phi) is 7.14. The average Bonchev–Trinajstić information content (AvgIpc) is 3.37. The van der Waals surface area contributed by atoms with E-state index in [2.05, 4.69) is 15.6 Å². The average molecular weight is 478 g/mol. The van der Waals surface area contributed by atoms with Gasteiger partial charge in [0, 0.05) is 22.2 Å². The van der Waals surface area contributed by atoms with Crippen molar-refractivity contribution < 1.29 is 23.5 Å². The molecule has 0 bridgehead atoms. The van der Waals surface area contributed by atoms with Crippen molar-refractivity contribution in [3.63, 3.8) is 0 Å². The summed E-state index contributed by atoms with van der Waals surface area (Å²) in [6, 6.07) is 17.0. The first-order valence-corrected chi connectivity index (χ1v) is 11.1. The summed E-state index contributed by atoms with van der Waals surface area (Å²) in [6.45, 7) is 0.307. The van der Waals surface area contributed by atoms with Gasteiger partial charge in [0.25, 0.3) is 11.8 Å². The van der Waals surface area contributed by atoms with Crippen LogP contribution in [0.5, 0.6) is 11.5 Å². The third-order valence-corrected chi connectivity index (χ3v) is 5.39. The molecule has 7 nitrogen and oxygen atoms in total. The molecule has 0 aliphatic carbocycles. The minimum absolute atomic E-state index is 0.158. The van der Waals surface area contributed by atoms with Crippen molar-refractivity contribution >= 4 is 34.5 Å². The number of carbonyl (C=O) groups excluding carboxylic acids is 2. The summed E-state index contributed by atoms with van der Waals surface area (Å²) < 4.78 is 24.5. The molecule has 0 aliphatic rings. The molecule has 2 N–H and O–H groups in total. The summed E-state index contributed by atoms with van der Waals surface area (Å²) in [5.74, 6) is -0.449. The van der Waals surface area contributed by atoms with Crippen LogP contribution >= 0.6 is 11.3 Å². The number of hydrogen-bond donors (Lipinski definition) is 2. The van der Waals surface area contributed by atoms with E-state index in [0.717, 1.165) is 11.8 Å². The molecular formula is C25H20FN3O4S. The third-order valence-electron chi connectivity index (χ3n) is 4.76. The molecule has 0 spiro atoms. The highest BCUT2D eigenvalue weighted by molar-refractivity contribution is 7.07. The molecule has 0 unspecified atom stereocenters. The van der Waals surface area contributed by atoms with E-state index in [4.69, 9.17) is 9.47 Å². The number of benzene rings is 3. The molecule has 0 aliphatic heterocycles. The number of ether oxygens (including phenoxy) is 2. The number of aromatic nitrogens is 1. The summed E-state index contributed by atoms with van der Waals surface area (Å²) in [6.07, 6.45) is 0. The topological polar surface area (TPSA) is 89.6 Å². The van der Waals surface area contributed by atoms with E-state index in [9.17, 15) is 14.0 Å². The molecule has 9 heteroatoms. The molecule has 3 aromatic carbocycles. The second-order valence-corrected chi connectivity index (χ2v) is 7.85. The van der Waals surface area contributed by atoms with Crippen LogP contribution in [0.25, 0.3) is 0 Å². The molecule has 2 amide bonds. The number of nitrogens with zero attached hydrogens (tertiary/aromatic N) is 1. The fourth-order valence-corrected chi connectivity index (χ4v) is 3.65. The highest BCUT2D eigenvalue weighted by Crippen LogP contribution is 2.29. The molecule has 4 rings (SSSR count). The second kappa shape index (κ2) is 10.6. The van der Waals surface area contributed by atoms with Crippen LogP contribution in [-0.4, -0.2) is 23.9 Å². The fourth-order valence-electron chi connectivity index (χ4n) is 3.10. The number of thiazole rings is 1. The molecule has 172 valence electrons. The number of anilines is 2. The van der Waals surface area contributed by atoms with Gasteiger partial charge < -0.3 is 20.1 Å². The van der Waals surface area contributed by atoms with Crippen molar-refractivity contribution in [1.82, 2.24) is 4.98 Å². The predicted molar refractivity (Wildman–Crippen MR) is 128 cm³/mol. The Morgan fingerprint density at radius 1 is 0.971 bits per heavy atom. The summed E-state index contributed by atoms with van der Waals surface area (Å²) in [7, 11) is 1.46. The Bertz CT molecular complexity index is 1310. The highest BCUT2D eigenvalue weighted by atomic mass is 32.1. The first-order valence-electron chi connectivity index (χ1n) is 10.2. The molecule has 0 atom stereocenters. The fraction of sp³-hybridized carbons (Fsp3) is 0.0800. The molecule has 0 fully saturated rings. The van der Waals surface area contributed by atoms with Crippen molar-refractivity contribution in [3.8, 4) is 11.5 Å². The number of methoxy groups -OCH3 is 1. The summed E-state index contributed by atoms with van der Waals surface area (Å²) in [4.78, 5) is 29.5. The van der Waals surface area contributed by atoms with Gasteiger partial charge in [0.1, 0.15) is 23.9 Å². The Morgan fingerprint density at radius 3 is 2.47 bits per heavy atom. The Hall–Kier alpha value is -4.24. The van der Waals surface area contributed by atoms with Gasteiger partial charge in [0.15, 0.2) is 0 Å². The van der Waals surface area contributed by atoms with Crippen molar-refractivity contribution in [2.24, 2.45) is 0 Å². The molecule has 0 radical (unpaired) electrons. The Labute approximate surface area is 199 Å². The SMILES string of the molecule is COc1ccc(NC(=O)c2cccc(OCc3cscn3)c2)cc1NC(=O)c1cccc(F)c1. The van der Waals surface area contributed by atoms with Gasteiger partial charge in [-0.1, -0.05) is 12.1 Å². The van der Waals surface area contributed by atoms with Gasteiger partial charge in [-0.2, -0.15) is 0 Å². The van der Waals surface area contributed by atoms with Gasteiger partial charge in [-0.3, -0.25) is 9.59 Å². The van der Waals surface area contributed by atoms with E-state index in [0.29, 0.717) is 35.0 Å². The number of rotatable bonds is 8. The van der Waals surface area contributed by atoms with Gasteiger partial charge in [-0.25, -0.2) is 9.37 Å². The molecule has 0 saturated heterocycles. The van der Waals surface area contributed by atoms with E-state index in [1.165, 1.54) is 36.6 Å². The van der Waals surface area contributed by atoms with Crippen LogP contribution in [0.2, 0.25) is 0 Å². The molecular weight excluding hydrogens is 457 g/mol. The molecule has 4 aromatic rings. The minimum atomic E-state index is -0.515. The molecule has 1 heterocycles. The van der Waals surface area contributed by atoms with E-state index in [1.54, 1.807) is 48.0 Å². The molecule has 0 saturated carbocycles. The van der Waals surface area contributed by atoms with Gasteiger partial charge >= 0.3 is 0 Å². The lowest BCUT2D eigenvalue weighted by Crippen LogP contribution is -2.15. The summed E-state index contributed by atoms with van der Waals surface area (Å²) in [5.41, 5.74) is 3.87. The van der Waals surface area contributed by atoms with Gasteiger partial charge in [-0.05, 0) is 54.6 Å². The lowest BCUT2D eigenvalue weighted by molar-refractivity contribution is 0.101. The van der Waals surface area contributed by atoms with Gasteiger partial charge in [0.2, 0.25) is 0 Å².